The van der Waals surface area contributed by atoms with Gasteiger partial charge in [-0.25, -0.2) is 0 Å². The van der Waals surface area contributed by atoms with Crippen LogP contribution in [0.3, 0.4) is 0 Å². The Bertz CT molecular complexity index is 411. The van der Waals surface area contributed by atoms with Crippen LogP contribution < -0.4 is 5.73 Å². The first-order chi connectivity index (χ1) is 8.16. The van der Waals surface area contributed by atoms with Gasteiger partial charge >= 0.3 is 0 Å². The van der Waals surface area contributed by atoms with E-state index >= 15 is 0 Å². The lowest BCUT2D eigenvalue weighted by molar-refractivity contribution is 0.388. The van der Waals surface area contributed by atoms with E-state index in [0.29, 0.717) is 5.92 Å². The second kappa shape index (κ2) is 5.67. The summed E-state index contributed by atoms with van der Waals surface area (Å²) in [7, 11) is -0.856. The van der Waals surface area contributed by atoms with Gasteiger partial charge in [-0.15, -0.1) is 0 Å². The van der Waals surface area contributed by atoms with E-state index in [9.17, 15) is 4.21 Å². The third-order valence-corrected chi connectivity index (χ3v) is 5.28. The molecule has 17 heavy (non-hydrogen) atoms. The standard InChI is InChI=1S/C14H21NOS/c1-11-9-13(15)7-8-14(11)17(16)10-12-5-3-2-4-6-12/h7-9,12H,2-6,10,15H2,1H3. The molecule has 1 atom stereocenters. The molecular formula is C14H21NOS. The molecule has 0 bridgehead atoms. The van der Waals surface area contributed by atoms with Gasteiger partial charge in [-0.2, -0.15) is 0 Å². The topological polar surface area (TPSA) is 43.1 Å². The van der Waals surface area contributed by atoms with Crippen LogP contribution in [0.5, 0.6) is 0 Å². The van der Waals surface area contributed by atoms with Crippen LogP contribution in [0.4, 0.5) is 5.69 Å². The Morgan fingerprint density at radius 1 is 1.29 bits per heavy atom. The fourth-order valence-corrected chi connectivity index (χ4v) is 4.16. The number of aryl methyl sites for hydroxylation is 1. The molecule has 1 fully saturated rings. The summed E-state index contributed by atoms with van der Waals surface area (Å²) in [6.07, 6.45) is 6.47. The minimum absolute atomic E-state index is 0.654. The van der Waals surface area contributed by atoms with E-state index in [1.165, 1.54) is 32.1 Å². The van der Waals surface area contributed by atoms with E-state index in [4.69, 9.17) is 5.73 Å². The van der Waals surface area contributed by atoms with Gasteiger partial charge < -0.3 is 5.73 Å². The van der Waals surface area contributed by atoms with Gasteiger partial charge in [-0.1, -0.05) is 19.3 Å². The molecule has 0 spiro atoms. The van der Waals surface area contributed by atoms with Crippen LogP contribution in [0.15, 0.2) is 23.1 Å². The van der Waals surface area contributed by atoms with Gasteiger partial charge in [-0.3, -0.25) is 4.21 Å². The molecule has 0 saturated heterocycles. The zero-order valence-corrected chi connectivity index (χ0v) is 11.3. The summed E-state index contributed by atoms with van der Waals surface area (Å²) in [5.41, 5.74) is 7.52. The minimum Gasteiger partial charge on any atom is -0.399 e. The molecule has 2 nitrogen and oxygen atoms in total. The Labute approximate surface area is 106 Å². The van der Waals surface area contributed by atoms with E-state index in [1.807, 2.05) is 25.1 Å². The Morgan fingerprint density at radius 3 is 2.65 bits per heavy atom. The molecule has 1 aliphatic carbocycles. The van der Waals surface area contributed by atoms with Crippen LogP contribution in [0.25, 0.3) is 0 Å². The monoisotopic (exact) mass is 251 g/mol. The fourth-order valence-electron chi connectivity index (χ4n) is 2.59. The highest BCUT2D eigenvalue weighted by Crippen LogP contribution is 2.26. The number of anilines is 1. The van der Waals surface area contributed by atoms with Gasteiger partial charge in [0.2, 0.25) is 0 Å². The van der Waals surface area contributed by atoms with Gasteiger partial charge in [0, 0.05) is 16.3 Å². The summed E-state index contributed by atoms with van der Waals surface area (Å²) >= 11 is 0. The number of nitrogen functional groups attached to an aromatic ring is 1. The van der Waals surface area contributed by atoms with Crippen molar-refractivity contribution in [3.63, 3.8) is 0 Å². The summed E-state index contributed by atoms with van der Waals surface area (Å²) in [5, 5.41) is 0. The van der Waals surface area contributed by atoms with Crippen LogP contribution in [0.1, 0.15) is 37.7 Å². The first-order valence-electron chi connectivity index (χ1n) is 6.41. The number of rotatable bonds is 3. The normalized spacial score (nSPS) is 19.1. The zero-order chi connectivity index (χ0) is 12.3. The van der Waals surface area contributed by atoms with Crippen molar-refractivity contribution in [3.8, 4) is 0 Å². The Hall–Kier alpha value is -0.830. The lowest BCUT2D eigenvalue weighted by atomic mass is 9.91. The van der Waals surface area contributed by atoms with Crippen molar-refractivity contribution in [2.75, 3.05) is 11.5 Å². The molecule has 1 aromatic rings. The summed E-state index contributed by atoms with van der Waals surface area (Å²) in [4.78, 5) is 0.963. The van der Waals surface area contributed by atoms with Crippen LogP contribution >= 0.6 is 0 Å². The largest absolute Gasteiger partial charge is 0.399 e. The third kappa shape index (κ3) is 3.32. The van der Waals surface area contributed by atoms with Crippen LogP contribution in [0, 0.1) is 12.8 Å². The molecular weight excluding hydrogens is 230 g/mol. The Balaban J connectivity index is 2.03. The molecule has 1 aromatic carbocycles. The highest BCUT2D eigenvalue weighted by atomic mass is 32.2. The van der Waals surface area contributed by atoms with Crippen molar-refractivity contribution >= 4 is 16.5 Å². The number of hydrogen-bond donors (Lipinski definition) is 1. The average Bonchev–Trinajstić information content (AvgIpc) is 2.30. The van der Waals surface area contributed by atoms with E-state index in [0.717, 1.165) is 21.9 Å². The third-order valence-electron chi connectivity index (χ3n) is 3.56. The molecule has 2 rings (SSSR count). The predicted octanol–water partition coefficient (Wildman–Crippen LogP) is 3.27. The maximum absolute atomic E-state index is 12.3. The van der Waals surface area contributed by atoms with E-state index in [1.54, 1.807) is 0 Å². The van der Waals surface area contributed by atoms with Crippen LogP contribution in [-0.2, 0) is 10.8 Å². The van der Waals surface area contributed by atoms with E-state index < -0.39 is 10.8 Å². The van der Waals surface area contributed by atoms with E-state index in [-0.39, 0.29) is 0 Å². The molecule has 2 N–H and O–H groups in total. The molecule has 0 aromatic heterocycles. The second-order valence-electron chi connectivity index (χ2n) is 5.04. The highest BCUT2D eigenvalue weighted by molar-refractivity contribution is 7.85. The first-order valence-corrected chi connectivity index (χ1v) is 7.73. The van der Waals surface area contributed by atoms with Gasteiger partial charge in [0.15, 0.2) is 0 Å². The lowest BCUT2D eigenvalue weighted by Crippen LogP contribution is -2.15. The maximum Gasteiger partial charge on any atom is 0.0535 e. The van der Waals surface area contributed by atoms with Gasteiger partial charge in [0.25, 0.3) is 0 Å². The fraction of sp³-hybridized carbons (Fsp3) is 0.571. The summed E-state index contributed by atoms with van der Waals surface area (Å²) < 4.78 is 12.3. The summed E-state index contributed by atoms with van der Waals surface area (Å²) in [6.45, 7) is 1.99. The van der Waals surface area contributed by atoms with Gasteiger partial charge in [-0.05, 0) is 49.4 Å². The molecule has 1 unspecified atom stereocenters. The number of benzene rings is 1. The number of hydrogen-bond acceptors (Lipinski definition) is 2. The Morgan fingerprint density at radius 2 is 2.00 bits per heavy atom. The molecule has 0 aliphatic heterocycles. The molecule has 3 heteroatoms. The molecule has 1 saturated carbocycles. The first kappa shape index (κ1) is 12.6. The Kier molecular flexibility index (Phi) is 4.21. The molecule has 0 radical (unpaired) electrons. The van der Waals surface area contributed by atoms with Crippen molar-refractivity contribution in [3.05, 3.63) is 23.8 Å². The smallest absolute Gasteiger partial charge is 0.0535 e. The molecule has 0 heterocycles. The number of nitrogens with two attached hydrogens (primary N) is 1. The van der Waals surface area contributed by atoms with Crippen molar-refractivity contribution in [1.82, 2.24) is 0 Å². The zero-order valence-electron chi connectivity index (χ0n) is 10.4. The van der Waals surface area contributed by atoms with Crippen molar-refractivity contribution in [2.24, 2.45) is 5.92 Å². The van der Waals surface area contributed by atoms with Crippen molar-refractivity contribution in [2.45, 2.75) is 43.9 Å². The van der Waals surface area contributed by atoms with Gasteiger partial charge in [0.1, 0.15) is 0 Å². The SMILES string of the molecule is Cc1cc(N)ccc1S(=O)CC1CCCCC1. The molecule has 94 valence electrons. The van der Waals surface area contributed by atoms with Crippen LogP contribution in [0.2, 0.25) is 0 Å². The molecule has 0 amide bonds. The predicted molar refractivity (Wildman–Crippen MR) is 73.4 cm³/mol. The summed E-state index contributed by atoms with van der Waals surface area (Å²) in [5.74, 6) is 1.48. The second-order valence-corrected chi connectivity index (χ2v) is 6.51. The molecule has 1 aliphatic rings. The van der Waals surface area contributed by atoms with Gasteiger partial charge in [0.05, 0.1) is 10.8 Å². The van der Waals surface area contributed by atoms with Crippen molar-refractivity contribution < 1.29 is 4.21 Å². The van der Waals surface area contributed by atoms with Crippen molar-refractivity contribution in [1.29, 1.82) is 0 Å². The van der Waals surface area contributed by atoms with E-state index in [2.05, 4.69) is 0 Å². The van der Waals surface area contributed by atoms with Crippen LogP contribution in [-0.4, -0.2) is 9.96 Å². The quantitative estimate of drug-likeness (QED) is 0.838. The summed E-state index contributed by atoms with van der Waals surface area (Å²) in [6, 6.07) is 5.68. The maximum atomic E-state index is 12.3. The highest BCUT2D eigenvalue weighted by Gasteiger charge is 2.18. The lowest BCUT2D eigenvalue weighted by Gasteiger charge is -2.21. The average molecular weight is 251 g/mol. The minimum atomic E-state index is -0.856.